The van der Waals surface area contributed by atoms with E-state index in [1.807, 2.05) is 6.08 Å². The smallest absolute Gasteiger partial charge is 0.339 e. The van der Waals surface area contributed by atoms with Gasteiger partial charge in [-0.1, -0.05) is 89.1 Å². The summed E-state index contributed by atoms with van der Waals surface area (Å²) < 4.78 is 0. The number of fused-ring (bicyclic) bond motifs is 5. The second kappa shape index (κ2) is 16.2. The molecular weight excluding hydrogens is 707 g/mol. The Morgan fingerprint density at radius 1 is 0.811 bits per heavy atom. The van der Waals surface area contributed by atoms with E-state index >= 15 is 0 Å². The van der Waals surface area contributed by atoms with Crippen LogP contribution in [0.5, 0.6) is 11.5 Å². The van der Waals surface area contributed by atoms with E-state index in [1.54, 1.807) is 0 Å². The van der Waals surface area contributed by atoms with Crippen LogP contribution >= 0.6 is 23.2 Å². The molecule has 4 aliphatic rings. The molecule has 0 amide bonds. The number of hydrogen-bond donors (Lipinski definition) is 4. The Bertz CT molecular complexity index is 1650. The topological polar surface area (TPSA) is 115 Å². The molecule has 9 atom stereocenters. The van der Waals surface area contributed by atoms with Crippen molar-refractivity contribution < 1.29 is 30.0 Å². The van der Waals surface area contributed by atoms with Gasteiger partial charge in [0.1, 0.15) is 22.6 Å². The monoisotopic (exact) mass is 766 g/mol. The van der Waals surface area contributed by atoms with Gasteiger partial charge in [-0.25, -0.2) is 9.59 Å². The van der Waals surface area contributed by atoms with Crippen LogP contribution in [0.3, 0.4) is 0 Å². The highest BCUT2D eigenvalue weighted by Crippen LogP contribution is 2.69. The number of halogens is 2. The largest absolute Gasteiger partial charge is 0.505 e. The summed E-state index contributed by atoms with van der Waals surface area (Å²) in [7, 11) is 0. The van der Waals surface area contributed by atoms with Gasteiger partial charge in [-0.15, -0.1) is 0 Å². The third kappa shape index (κ3) is 7.75. The van der Waals surface area contributed by atoms with E-state index in [2.05, 4.69) is 27.7 Å². The summed E-state index contributed by atoms with van der Waals surface area (Å²) >= 11 is 12.6. The molecular formula is C45H60Cl2O6. The van der Waals surface area contributed by atoms with Gasteiger partial charge in [-0.05, 0) is 164 Å². The number of rotatable bonds is 13. The lowest BCUT2D eigenvalue weighted by molar-refractivity contribution is -0.121. The standard InChI is InChI=1S/C45H60Cl2O6/c1-5-6-7-8-10-26(2)35-15-16-36-32-14-13-30-21-27(17-19-44(30,3)37(32)18-20-45(35,36)4)11-9-12-31(28-22-33(42(50)51)40(48)38(46)24-28)29-23-34(43(52)53)41(49)39(47)25-29/h12,22-27,30,32,35-37,48-49H,5-11,13-21H2,1-4H3,(H,50,51)(H,52,53)/t26?,27-,30-,32?,35+,36?,37?,44-,45+/m0/s1. The number of aromatic hydroxyl groups is 2. The highest BCUT2D eigenvalue weighted by Gasteiger charge is 2.60. The second-order valence-corrected chi connectivity index (χ2v) is 18.7. The summed E-state index contributed by atoms with van der Waals surface area (Å²) in [5.74, 6) is 1.89. The fourth-order valence-corrected chi connectivity index (χ4v) is 12.8. The Morgan fingerprint density at radius 2 is 1.42 bits per heavy atom. The average molecular weight is 768 g/mol. The zero-order valence-electron chi connectivity index (χ0n) is 32.1. The van der Waals surface area contributed by atoms with E-state index in [9.17, 15) is 30.0 Å². The number of benzene rings is 2. The Balaban J connectivity index is 1.16. The van der Waals surface area contributed by atoms with Crippen molar-refractivity contribution >= 4 is 40.7 Å². The molecule has 0 radical (unpaired) electrons. The van der Waals surface area contributed by atoms with Crippen LogP contribution in [-0.2, 0) is 0 Å². The summed E-state index contributed by atoms with van der Waals surface area (Å²) in [4.78, 5) is 23.9. The van der Waals surface area contributed by atoms with Crippen LogP contribution < -0.4 is 0 Å². The van der Waals surface area contributed by atoms with Gasteiger partial charge in [0.2, 0.25) is 0 Å². The number of aromatic carboxylic acids is 2. The first-order valence-electron chi connectivity index (χ1n) is 20.4. The van der Waals surface area contributed by atoms with Crippen LogP contribution in [0.2, 0.25) is 10.0 Å². The SMILES string of the molecule is CCCCCCC(C)[C@H]1CCC2C3CC[C@H]4C[C@@H](CCC=C(c5cc(Cl)c(O)c(C(=O)O)c5)c5cc(Cl)c(O)c(C(=O)O)c5)CC[C@]4(C)C3CC[C@@]21C. The molecule has 0 bridgehead atoms. The third-order valence-electron chi connectivity index (χ3n) is 15.2. The molecule has 0 saturated heterocycles. The zero-order valence-corrected chi connectivity index (χ0v) is 33.6. The predicted octanol–water partition coefficient (Wildman–Crippen LogP) is 12.9. The number of unbranched alkanes of at least 4 members (excludes halogenated alkanes) is 3. The fourth-order valence-electron chi connectivity index (χ4n) is 12.4. The molecule has 8 heteroatoms. The molecule has 6 rings (SSSR count). The first-order valence-corrected chi connectivity index (χ1v) is 21.2. The minimum Gasteiger partial charge on any atom is -0.505 e. The highest BCUT2D eigenvalue weighted by atomic mass is 35.5. The van der Waals surface area contributed by atoms with E-state index in [0.29, 0.717) is 39.9 Å². The van der Waals surface area contributed by atoms with Crippen molar-refractivity contribution in [3.05, 3.63) is 62.6 Å². The molecule has 0 aliphatic heterocycles. The normalized spacial score (nSPS) is 31.2. The van der Waals surface area contributed by atoms with Crippen molar-refractivity contribution in [2.75, 3.05) is 0 Å². The first kappa shape index (κ1) is 40.0. The summed E-state index contributed by atoms with van der Waals surface area (Å²) in [5, 5.41) is 40.0. The fraction of sp³-hybridized carbons (Fsp3) is 0.644. The maximum absolute atomic E-state index is 12.0. The van der Waals surface area contributed by atoms with Crippen molar-refractivity contribution in [2.24, 2.45) is 52.3 Å². The van der Waals surface area contributed by atoms with Crippen LogP contribution in [0.4, 0.5) is 0 Å². The lowest BCUT2D eigenvalue weighted by Gasteiger charge is -2.61. The van der Waals surface area contributed by atoms with Crippen molar-refractivity contribution in [2.45, 2.75) is 130 Å². The molecule has 2 aromatic rings. The van der Waals surface area contributed by atoms with Crippen LogP contribution in [0.25, 0.3) is 5.57 Å². The maximum Gasteiger partial charge on any atom is 0.339 e. The number of allylic oxidation sites excluding steroid dienone is 1. The predicted molar refractivity (Wildman–Crippen MR) is 213 cm³/mol. The van der Waals surface area contributed by atoms with Gasteiger partial charge in [0.05, 0.1) is 10.0 Å². The van der Waals surface area contributed by atoms with E-state index < -0.39 is 23.4 Å². The van der Waals surface area contributed by atoms with Crippen molar-refractivity contribution in [1.82, 2.24) is 0 Å². The maximum atomic E-state index is 12.0. The summed E-state index contributed by atoms with van der Waals surface area (Å²) in [6.45, 7) is 10.2. The first-order chi connectivity index (χ1) is 25.2. The molecule has 4 fully saturated rings. The molecule has 0 spiro atoms. The molecule has 4 unspecified atom stereocenters. The number of carboxylic acids is 2. The van der Waals surface area contributed by atoms with Crippen LogP contribution in [0.15, 0.2) is 30.3 Å². The van der Waals surface area contributed by atoms with Gasteiger partial charge in [-0.2, -0.15) is 0 Å². The molecule has 6 nitrogen and oxygen atoms in total. The lowest BCUT2D eigenvalue weighted by Crippen LogP contribution is -2.53. The van der Waals surface area contributed by atoms with Crippen LogP contribution in [0.1, 0.15) is 162 Å². The van der Waals surface area contributed by atoms with E-state index in [1.165, 1.54) is 114 Å². The van der Waals surface area contributed by atoms with Gasteiger partial charge >= 0.3 is 11.9 Å². The van der Waals surface area contributed by atoms with Crippen LogP contribution in [0, 0.1) is 52.3 Å². The van der Waals surface area contributed by atoms with Gasteiger partial charge in [-0.3, -0.25) is 0 Å². The van der Waals surface area contributed by atoms with E-state index in [0.717, 1.165) is 41.9 Å². The molecule has 53 heavy (non-hydrogen) atoms. The quantitative estimate of drug-likeness (QED) is 0.151. The molecule has 4 aliphatic carbocycles. The summed E-state index contributed by atoms with van der Waals surface area (Å²) in [6, 6.07) is 5.65. The number of phenols is 2. The molecule has 0 heterocycles. The Kier molecular flexibility index (Phi) is 12.2. The minimum absolute atomic E-state index is 0.121. The zero-order chi connectivity index (χ0) is 38.2. The van der Waals surface area contributed by atoms with Gasteiger partial charge in [0, 0.05) is 0 Å². The summed E-state index contributed by atoms with van der Waals surface area (Å²) in [6.07, 6.45) is 22.5. The number of carboxylic acid groups (broad SMARTS) is 2. The molecule has 0 aromatic heterocycles. The van der Waals surface area contributed by atoms with Gasteiger partial charge < -0.3 is 20.4 Å². The minimum atomic E-state index is -1.33. The van der Waals surface area contributed by atoms with Crippen LogP contribution in [-0.4, -0.2) is 32.4 Å². The van der Waals surface area contributed by atoms with Gasteiger partial charge in [0.25, 0.3) is 0 Å². The number of carbonyl (C=O) groups is 2. The average Bonchev–Trinajstić information content (AvgIpc) is 3.48. The van der Waals surface area contributed by atoms with Crippen molar-refractivity contribution in [1.29, 1.82) is 0 Å². The lowest BCUT2D eigenvalue weighted by atomic mass is 9.44. The third-order valence-corrected chi connectivity index (χ3v) is 15.8. The molecule has 2 aromatic carbocycles. The molecule has 4 saturated carbocycles. The molecule has 290 valence electrons. The van der Waals surface area contributed by atoms with E-state index in [4.69, 9.17) is 23.2 Å². The Morgan fingerprint density at radius 3 is 2.02 bits per heavy atom. The summed E-state index contributed by atoms with van der Waals surface area (Å²) in [5.41, 5.74) is 1.60. The molecule has 4 N–H and O–H groups in total. The van der Waals surface area contributed by atoms with Gasteiger partial charge in [0.15, 0.2) is 0 Å². The second-order valence-electron chi connectivity index (χ2n) is 17.9. The van der Waals surface area contributed by atoms with Crippen molar-refractivity contribution in [3.63, 3.8) is 0 Å². The Labute approximate surface area is 326 Å². The highest BCUT2D eigenvalue weighted by molar-refractivity contribution is 6.33. The number of hydrogen-bond acceptors (Lipinski definition) is 4. The van der Waals surface area contributed by atoms with Crippen molar-refractivity contribution in [3.8, 4) is 11.5 Å². The Hall–Kier alpha value is -2.70. The van der Waals surface area contributed by atoms with E-state index in [-0.39, 0.29) is 21.2 Å².